The van der Waals surface area contributed by atoms with Crippen molar-refractivity contribution in [2.45, 2.75) is 25.1 Å². The highest BCUT2D eigenvalue weighted by Gasteiger charge is 2.20. The van der Waals surface area contributed by atoms with Crippen LogP contribution in [0.25, 0.3) is 0 Å². The molecule has 1 nitrogen and oxygen atoms in total. The molecule has 1 rings (SSSR count). The first-order valence-electron chi connectivity index (χ1n) is 2.86. The normalized spacial score (nSPS) is 37.8. The standard InChI is InChI=1S/C6H10FN/c7-6(8)4-2-1-3-5-6/h2,4H,1,3,5,8H2. The Labute approximate surface area is 48.4 Å². The molecule has 0 saturated heterocycles. The van der Waals surface area contributed by atoms with Crippen LogP contribution in [0, 0.1) is 0 Å². The van der Waals surface area contributed by atoms with Gasteiger partial charge in [0, 0.05) is 0 Å². The van der Waals surface area contributed by atoms with Crippen LogP contribution < -0.4 is 5.73 Å². The number of alkyl halides is 1. The first-order chi connectivity index (χ1) is 3.71. The summed E-state index contributed by atoms with van der Waals surface area (Å²) in [5.74, 6) is -1.50. The molecule has 1 aliphatic carbocycles. The van der Waals surface area contributed by atoms with Crippen molar-refractivity contribution in [3.8, 4) is 0 Å². The molecule has 1 unspecified atom stereocenters. The van der Waals surface area contributed by atoms with E-state index < -0.39 is 5.79 Å². The molecule has 0 spiro atoms. The summed E-state index contributed by atoms with van der Waals surface area (Å²) < 4.78 is 12.6. The van der Waals surface area contributed by atoms with Crippen molar-refractivity contribution >= 4 is 0 Å². The maximum atomic E-state index is 12.6. The zero-order chi connectivity index (χ0) is 6.04. The third-order valence-corrected chi connectivity index (χ3v) is 1.33. The average molecular weight is 115 g/mol. The number of rotatable bonds is 0. The average Bonchev–Trinajstić information content (AvgIpc) is 1.65. The molecule has 0 aromatic carbocycles. The zero-order valence-corrected chi connectivity index (χ0v) is 4.73. The van der Waals surface area contributed by atoms with Crippen LogP contribution in [0.4, 0.5) is 4.39 Å². The number of allylic oxidation sites excluding steroid dienone is 1. The van der Waals surface area contributed by atoms with Gasteiger partial charge >= 0.3 is 0 Å². The van der Waals surface area contributed by atoms with Gasteiger partial charge in [-0.15, -0.1) is 0 Å². The van der Waals surface area contributed by atoms with Crippen molar-refractivity contribution in [3.05, 3.63) is 12.2 Å². The van der Waals surface area contributed by atoms with E-state index in [1.54, 1.807) is 6.08 Å². The lowest BCUT2D eigenvalue weighted by Gasteiger charge is -2.18. The summed E-state index contributed by atoms with van der Waals surface area (Å²) in [4.78, 5) is 0. The highest BCUT2D eigenvalue weighted by Crippen LogP contribution is 2.19. The molecule has 8 heavy (non-hydrogen) atoms. The van der Waals surface area contributed by atoms with Crippen molar-refractivity contribution in [2.75, 3.05) is 0 Å². The van der Waals surface area contributed by atoms with Gasteiger partial charge in [0.2, 0.25) is 0 Å². The summed E-state index contributed by atoms with van der Waals surface area (Å²) in [7, 11) is 0. The van der Waals surface area contributed by atoms with Crippen molar-refractivity contribution in [2.24, 2.45) is 5.73 Å². The molecular weight excluding hydrogens is 105 g/mol. The van der Waals surface area contributed by atoms with Crippen molar-refractivity contribution in [1.29, 1.82) is 0 Å². The molecule has 0 fully saturated rings. The van der Waals surface area contributed by atoms with E-state index >= 15 is 0 Å². The van der Waals surface area contributed by atoms with Gasteiger partial charge in [-0.2, -0.15) is 0 Å². The molecule has 1 aliphatic rings. The second-order valence-corrected chi connectivity index (χ2v) is 2.22. The molecule has 1 atom stereocenters. The fourth-order valence-corrected chi connectivity index (χ4v) is 0.853. The van der Waals surface area contributed by atoms with E-state index in [1.807, 2.05) is 0 Å². The summed E-state index contributed by atoms with van der Waals surface area (Å²) >= 11 is 0. The largest absolute Gasteiger partial charge is 0.296 e. The minimum Gasteiger partial charge on any atom is -0.296 e. The summed E-state index contributed by atoms with van der Waals surface area (Å²) in [6.45, 7) is 0. The van der Waals surface area contributed by atoms with E-state index in [0.29, 0.717) is 6.42 Å². The molecule has 2 heteroatoms. The van der Waals surface area contributed by atoms with Gasteiger partial charge in [0.25, 0.3) is 0 Å². The highest BCUT2D eigenvalue weighted by atomic mass is 19.1. The molecule has 0 amide bonds. The summed E-state index contributed by atoms with van der Waals surface area (Å²) in [6, 6.07) is 0. The van der Waals surface area contributed by atoms with Crippen molar-refractivity contribution in [1.82, 2.24) is 0 Å². The number of hydrogen-bond donors (Lipinski definition) is 1. The van der Waals surface area contributed by atoms with Gasteiger partial charge < -0.3 is 0 Å². The highest BCUT2D eigenvalue weighted by molar-refractivity contribution is 5.01. The van der Waals surface area contributed by atoms with E-state index in [4.69, 9.17) is 5.73 Å². The molecule has 2 N–H and O–H groups in total. The first kappa shape index (κ1) is 5.76. The van der Waals surface area contributed by atoms with Crippen LogP contribution in [0.15, 0.2) is 12.2 Å². The monoisotopic (exact) mass is 115 g/mol. The first-order valence-corrected chi connectivity index (χ1v) is 2.86. The lowest BCUT2D eigenvalue weighted by Crippen LogP contribution is -2.32. The van der Waals surface area contributed by atoms with Crippen molar-refractivity contribution in [3.63, 3.8) is 0 Å². The van der Waals surface area contributed by atoms with Gasteiger partial charge in [0.05, 0.1) is 0 Å². The number of nitrogens with two attached hydrogens (primary N) is 1. The molecule has 0 bridgehead atoms. The Morgan fingerprint density at radius 2 is 2.38 bits per heavy atom. The topological polar surface area (TPSA) is 26.0 Å². The smallest absolute Gasteiger partial charge is 0.177 e. The van der Waals surface area contributed by atoms with Gasteiger partial charge in [-0.1, -0.05) is 6.08 Å². The van der Waals surface area contributed by atoms with E-state index in [-0.39, 0.29) is 0 Å². The maximum absolute atomic E-state index is 12.6. The lowest BCUT2D eigenvalue weighted by molar-refractivity contribution is 0.211. The van der Waals surface area contributed by atoms with Gasteiger partial charge in [0.1, 0.15) is 0 Å². The minimum absolute atomic E-state index is 0.476. The predicted molar refractivity (Wildman–Crippen MR) is 31.0 cm³/mol. The Hall–Kier alpha value is -0.370. The maximum Gasteiger partial charge on any atom is 0.177 e. The molecular formula is C6H10FN. The molecule has 0 saturated carbocycles. The SMILES string of the molecule is NC1(F)C=CCCC1. The molecule has 0 radical (unpaired) electrons. The van der Waals surface area contributed by atoms with Crippen LogP contribution in [-0.2, 0) is 0 Å². The Balaban J connectivity index is 2.56. The third-order valence-electron chi connectivity index (χ3n) is 1.33. The van der Waals surface area contributed by atoms with Gasteiger partial charge in [0.15, 0.2) is 5.79 Å². The van der Waals surface area contributed by atoms with Crippen LogP contribution in [0.5, 0.6) is 0 Å². The molecule has 0 aromatic heterocycles. The van der Waals surface area contributed by atoms with Crippen LogP contribution in [0.3, 0.4) is 0 Å². The van der Waals surface area contributed by atoms with E-state index in [2.05, 4.69) is 0 Å². The van der Waals surface area contributed by atoms with Crippen LogP contribution in [-0.4, -0.2) is 5.79 Å². The third kappa shape index (κ3) is 1.30. The Morgan fingerprint density at radius 1 is 1.62 bits per heavy atom. The van der Waals surface area contributed by atoms with Crippen LogP contribution >= 0.6 is 0 Å². The fraction of sp³-hybridized carbons (Fsp3) is 0.667. The van der Waals surface area contributed by atoms with E-state index in [9.17, 15) is 4.39 Å². The minimum atomic E-state index is -1.50. The molecule has 0 aromatic rings. The quantitative estimate of drug-likeness (QED) is 0.374. The predicted octanol–water partition coefficient (Wildman–Crippen LogP) is 1.35. The van der Waals surface area contributed by atoms with Crippen LogP contribution in [0.2, 0.25) is 0 Å². The zero-order valence-electron chi connectivity index (χ0n) is 4.73. The van der Waals surface area contributed by atoms with Gasteiger partial charge in [-0.25, -0.2) is 4.39 Å². The molecule has 46 valence electrons. The second-order valence-electron chi connectivity index (χ2n) is 2.22. The number of hydrogen-bond acceptors (Lipinski definition) is 1. The van der Waals surface area contributed by atoms with Crippen molar-refractivity contribution < 1.29 is 4.39 Å². The van der Waals surface area contributed by atoms with E-state index in [1.165, 1.54) is 6.08 Å². The van der Waals surface area contributed by atoms with Crippen LogP contribution in [0.1, 0.15) is 19.3 Å². The Kier molecular flexibility index (Phi) is 1.34. The Morgan fingerprint density at radius 3 is 2.62 bits per heavy atom. The van der Waals surface area contributed by atoms with E-state index in [0.717, 1.165) is 12.8 Å². The summed E-state index contributed by atoms with van der Waals surface area (Å²) in [6.07, 6.45) is 5.57. The molecule has 0 aliphatic heterocycles. The number of halogens is 1. The van der Waals surface area contributed by atoms with Gasteiger partial charge in [-0.05, 0) is 25.3 Å². The summed E-state index contributed by atoms with van der Waals surface area (Å²) in [5.41, 5.74) is 5.12. The lowest BCUT2D eigenvalue weighted by atomic mass is 10.0. The second kappa shape index (κ2) is 1.86. The summed E-state index contributed by atoms with van der Waals surface area (Å²) in [5, 5.41) is 0. The van der Waals surface area contributed by atoms with Gasteiger partial charge in [-0.3, -0.25) is 5.73 Å². The molecule has 0 heterocycles. The Bertz CT molecular complexity index is 107. The fourth-order valence-electron chi connectivity index (χ4n) is 0.853.